The molecule has 0 aromatic carbocycles. The maximum absolute atomic E-state index is 12.5. The van der Waals surface area contributed by atoms with Gasteiger partial charge in [0.15, 0.2) is 0 Å². The van der Waals surface area contributed by atoms with Crippen LogP contribution in [0.3, 0.4) is 0 Å². The van der Waals surface area contributed by atoms with E-state index in [0.29, 0.717) is 36.2 Å². The molecule has 0 spiro atoms. The summed E-state index contributed by atoms with van der Waals surface area (Å²) in [7, 11) is 0. The number of primary amides is 1. The molecule has 2 aliphatic rings. The Morgan fingerprint density at radius 2 is 1.76 bits per heavy atom. The predicted molar refractivity (Wildman–Crippen MR) is 126 cm³/mol. The van der Waals surface area contributed by atoms with Crippen molar-refractivity contribution in [2.75, 3.05) is 24.1 Å². The number of amides is 2. The zero-order valence-corrected chi connectivity index (χ0v) is 19.1. The van der Waals surface area contributed by atoms with Gasteiger partial charge in [-0.15, -0.1) is 0 Å². The largest absolute Gasteiger partial charge is 0.381 e. The number of carbonyl (C=O) groups excluding carboxylic acids is 2. The number of aromatic nitrogens is 4. The Hall–Kier alpha value is -3.73. The van der Waals surface area contributed by atoms with E-state index in [2.05, 4.69) is 20.4 Å². The molecule has 0 radical (unpaired) electrons. The van der Waals surface area contributed by atoms with E-state index in [4.69, 9.17) is 11.5 Å². The van der Waals surface area contributed by atoms with Crippen LogP contribution in [0.2, 0.25) is 0 Å². The number of carbonyl (C=O) groups is 2. The van der Waals surface area contributed by atoms with Crippen LogP contribution in [0.1, 0.15) is 37.0 Å². The van der Waals surface area contributed by atoms with Crippen LogP contribution in [0, 0.1) is 11.8 Å². The lowest BCUT2D eigenvalue weighted by Gasteiger charge is -2.26. The third-order valence-electron chi connectivity index (χ3n) is 6.82. The average Bonchev–Trinajstić information content (AvgIpc) is 3.46. The molecule has 0 bridgehead atoms. The molecular formula is C23H28N8O3. The fourth-order valence-electron chi connectivity index (χ4n) is 5.21. The molecule has 2 fully saturated rings. The van der Waals surface area contributed by atoms with Crippen molar-refractivity contribution < 1.29 is 14.7 Å². The van der Waals surface area contributed by atoms with Gasteiger partial charge in [0.05, 0.1) is 23.0 Å². The minimum atomic E-state index is -1.36. The first kappa shape index (κ1) is 22.1. The van der Waals surface area contributed by atoms with Crippen LogP contribution in [0.25, 0.3) is 16.6 Å². The van der Waals surface area contributed by atoms with Gasteiger partial charge in [0, 0.05) is 48.8 Å². The fourth-order valence-corrected chi connectivity index (χ4v) is 5.21. The van der Waals surface area contributed by atoms with Crippen LogP contribution < -0.4 is 16.8 Å². The second-order valence-corrected chi connectivity index (χ2v) is 9.79. The summed E-state index contributed by atoms with van der Waals surface area (Å²) in [5.74, 6) is 0.0846. The molecule has 1 saturated heterocycles. The Bertz CT molecular complexity index is 1250. The number of hydrogen-bond donors (Lipinski definition) is 4. The van der Waals surface area contributed by atoms with Crippen LogP contribution in [-0.4, -0.2) is 66.1 Å². The highest BCUT2D eigenvalue weighted by Crippen LogP contribution is 2.41. The summed E-state index contributed by atoms with van der Waals surface area (Å²) in [6, 6.07) is 2.03. The maximum Gasteiger partial charge on any atom is 0.253 e. The van der Waals surface area contributed by atoms with Crippen LogP contribution >= 0.6 is 0 Å². The van der Waals surface area contributed by atoms with Crippen LogP contribution in [0.4, 0.5) is 11.6 Å². The van der Waals surface area contributed by atoms with Crippen molar-refractivity contribution in [3.05, 3.63) is 36.4 Å². The molecule has 178 valence electrons. The number of rotatable bonds is 5. The first-order valence-electron chi connectivity index (χ1n) is 11.3. The Morgan fingerprint density at radius 3 is 2.35 bits per heavy atom. The molecule has 2 amide bonds. The summed E-state index contributed by atoms with van der Waals surface area (Å²) in [6.07, 6.45) is 8.29. The zero-order chi connectivity index (χ0) is 24.2. The van der Waals surface area contributed by atoms with Crippen LogP contribution in [-0.2, 0) is 4.79 Å². The molecule has 1 aliphatic carbocycles. The van der Waals surface area contributed by atoms with Gasteiger partial charge in [0.25, 0.3) is 11.8 Å². The third kappa shape index (κ3) is 3.92. The molecule has 11 nitrogen and oxygen atoms in total. The van der Waals surface area contributed by atoms with E-state index in [0.717, 1.165) is 29.5 Å². The Labute approximate surface area is 196 Å². The molecule has 3 aromatic heterocycles. The van der Waals surface area contributed by atoms with Crippen molar-refractivity contribution in [2.24, 2.45) is 17.6 Å². The van der Waals surface area contributed by atoms with E-state index in [1.807, 2.05) is 12.3 Å². The van der Waals surface area contributed by atoms with Gasteiger partial charge in [-0.3, -0.25) is 9.59 Å². The lowest BCUT2D eigenvalue weighted by molar-refractivity contribution is -0.147. The van der Waals surface area contributed by atoms with E-state index in [1.54, 1.807) is 21.8 Å². The SMILES string of the molecule is CC(C)(O)C(=O)N1CC2CC(Nc3c(C(N)=O)cnn4cc(-c5cnc(N)nc5)cc34)CC2C1. The summed E-state index contributed by atoms with van der Waals surface area (Å²) >= 11 is 0. The van der Waals surface area contributed by atoms with Gasteiger partial charge in [-0.1, -0.05) is 0 Å². The Morgan fingerprint density at radius 1 is 1.12 bits per heavy atom. The van der Waals surface area contributed by atoms with E-state index in [9.17, 15) is 14.7 Å². The van der Waals surface area contributed by atoms with E-state index >= 15 is 0 Å². The summed E-state index contributed by atoms with van der Waals surface area (Å²) in [5.41, 5.74) is 13.2. The quantitative estimate of drug-likeness (QED) is 0.432. The predicted octanol–water partition coefficient (Wildman–Crippen LogP) is 0.892. The van der Waals surface area contributed by atoms with Gasteiger partial charge in [-0.05, 0) is 44.6 Å². The van der Waals surface area contributed by atoms with E-state index in [1.165, 1.54) is 20.0 Å². The number of fused-ring (bicyclic) bond motifs is 2. The molecular weight excluding hydrogens is 436 g/mol. The molecule has 4 heterocycles. The van der Waals surface area contributed by atoms with Gasteiger partial charge in [0.2, 0.25) is 5.95 Å². The summed E-state index contributed by atoms with van der Waals surface area (Å²) in [5, 5.41) is 18.0. The topological polar surface area (TPSA) is 165 Å². The molecule has 34 heavy (non-hydrogen) atoms. The molecule has 5 rings (SSSR count). The number of hydrogen-bond acceptors (Lipinski definition) is 8. The number of aliphatic hydroxyl groups is 1. The number of nitrogens with one attached hydrogen (secondary N) is 1. The first-order chi connectivity index (χ1) is 16.1. The summed E-state index contributed by atoms with van der Waals surface area (Å²) < 4.78 is 1.69. The van der Waals surface area contributed by atoms with Crippen molar-refractivity contribution in [1.82, 2.24) is 24.5 Å². The first-order valence-corrected chi connectivity index (χ1v) is 11.3. The molecule has 2 atom stereocenters. The van der Waals surface area contributed by atoms with Crippen molar-refractivity contribution in [2.45, 2.75) is 38.3 Å². The van der Waals surface area contributed by atoms with E-state index < -0.39 is 11.5 Å². The summed E-state index contributed by atoms with van der Waals surface area (Å²) in [6.45, 7) is 4.31. The highest BCUT2D eigenvalue weighted by Gasteiger charge is 2.44. The summed E-state index contributed by atoms with van der Waals surface area (Å²) in [4.78, 5) is 34.5. The number of nitrogens with two attached hydrogens (primary N) is 2. The smallest absolute Gasteiger partial charge is 0.253 e. The van der Waals surface area contributed by atoms with Gasteiger partial charge in [-0.25, -0.2) is 14.5 Å². The standard InChI is InChI=1S/C23H28N8O3/c1-23(2,34)21(33)30-9-12-3-16(4-13(12)10-30)29-19-17(20(24)32)8-28-31-11-14(5-18(19)31)15-6-26-22(25)27-7-15/h5-8,11-13,16,29,34H,3-4,9-10H2,1-2H3,(H2,24,32)(H2,25,26,27). The molecule has 2 unspecified atom stereocenters. The average molecular weight is 465 g/mol. The molecule has 6 N–H and O–H groups in total. The number of nitrogens with zero attached hydrogens (tertiary/aromatic N) is 5. The van der Waals surface area contributed by atoms with E-state index in [-0.39, 0.29) is 17.9 Å². The highest BCUT2D eigenvalue weighted by molar-refractivity contribution is 6.02. The lowest BCUT2D eigenvalue weighted by Crippen LogP contribution is -2.44. The monoisotopic (exact) mass is 464 g/mol. The van der Waals surface area contributed by atoms with Crippen molar-refractivity contribution in [3.63, 3.8) is 0 Å². The highest BCUT2D eigenvalue weighted by atomic mass is 16.3. The lowest BCUT2D eigenvalue weighted by atomic mass is 10.0. The third-order valence-corrected chi connectivity index (χ3v) is 6.82. The second-order valence-electron chi connectivity index (χ2n) is 9.79. The second kappa shape index (κ2) is 7.94. The molecule has 1 saturated carbocycles. The normalized spacial score (nSPS) is 22.2. The number of nitrogen functional groups attached to an aromatic ring is 1. The van der Waals surface area contributed by atoms with Crippen LogP contribution in [0.5, 0.6) is 0 Å². The van der Waals surface area contributed by atoms with Gasteiger partial charge in [0.1, 0.15) is 5.60 Å². The van der Waals surface area contributed by atoms with Crippen LogP contribution in [0.15, 0.2) is 30.9 Å². The Balaban J connectivity index is 1.39. The number of anilines is 2. The zero-order valence-electron chi connectivity index (χ0n) is 19.1. The minimum Gasteiger partial charge on any atom is -0.381 e. The minimum absolute atomic E-state index is 0.122. The maximum atomic E-state index is 12.5. The van der Waals surface area contributed by atoms with Gasteiger partial charge < -0.3 is 26.8 Å². The van der Waals surface area contributed by atoms with Crippen molar-refractivity contribution >= 4 is 29.0 Å². The number of likely N-dealkylation sites (tertiary alicyclic amines) is 1. The van der Waals surface area contributed by atoms with Crippen molar-refractivity contribution in [3.8, 4) is 11.1 Å². The molecule has 1 aliphatic heterocycles. The molecule has 11 heteroatoms. The molecule has 3 aromatic rings. The van der Waals surface area contributed by atoms with Gasteiger partial charge >= 0.3 is 0 Å². The van der Waals surface area contributed by atoms with Crippen molar-refractivity contribution in [1.29, 1.82) is 0 Å². The van der Waals surface area contributed by atoms with Gasteiger partial charge in [-0.2, -0.15) is 5.10 Å². The Kier molecular flexibility index (Phi) is 5.16. The fraction of sp³-hybridized carbons (Fsp3) is 0.435.